The van der Waals surface area contributed by atoms with Gasteiger partial charge in [0.1, 0.15) is 11.2 Å². The number of aromatic nitrogens is 3. The van der Waals surface area contributed by atoms with E-state index in [1.54, 1.807) is 6.07 Å². The van der Waals surface area contributed by atoms with Crippen molar-refractivity contribution in [2.75, 3.05) is 15.5 Å². The van der Waals surface area contributed by atoms with Gasteiger partial charge in [-0.15, -0.1) is 0 Å². The number of aryl methyl sites for hydroxylation is 1. The van der Waals surface area contributed by atoms with Crippen molar-refractivity contribution in [3.05, 3.63) is 41.8 Å². The number of nitrogens with zero attached hydrogens (tertiary/aromatic N) is 4. The lowest BCUT2D eigenvalue weighted by molar-refractivity contribution is -0.199. The maximum Gasteiger partial charge on any atom is 0.493 e. The highest BCUT2D eigenvalue weighted by atomic mass is 32.2. The van der Waals surface area contributed by atoms with E-state index in [9.17, 15) is 39.6 Å². The Morgan fingerprint density at radius 3 is 2.36 bits per heavy atom. The lowest BCUT2D eigenvalue weighted by atomic mass is 9.92. The van der Waals surface area contributed by atoms with Gasteiger partial charge in [-0.05, 0) is 55.9 Å². The lowest BCUT2D eigenvalue weighted by Gasteiger charge is -2.26. The summed E-state index contributed by atoms with van der Waals surface area (Å²) < 4.78 is 116. The highest BCUT2D eigenvalue weighted by molar-refractivity contribution is 7.92. The number of carbonyl (C=O) groups excluding carboxylic acids is 1. The van der Waals surface area contributed by atoms with Crippen LogP contribution in [-0.2, 0) is 26.1 Å². The fraction of sp³-hybridized carbons (Fsp3) is 0.462. The number of carbonyl (C=O) groups is 1. The molecule has 3 N–H and O–H groups in total. The molecule has 2 aromatic heterocycles. The molecule has 1 fully saturated rings. The molecule has 44 heavy (non-hydrogen) atoms. The average molecular weight is 653 g/mol. The van der Waals surface area contributed by atoms with Gasteiger partial charge >= 0.3 is 18.3 Å². The highest BCUT2D eigenvalue weighted by Crippen LogP contribution is 2.32. The minimum atomic E-state index is -5.73. The summed E-state index contributed by atoms with van der Waals surface area (Å²) in [5.41, 5.74) is 6.42. The van der Waals surface area contributed by atoms with E-state index in [0.717, 1.165) is 31.7 Å². The molecule has 10 nitrogen and oxygen atoms in total. The molecule has 0 radical (unpaired) electrons. The Balaban J connectivity index is 1.66. The van der Waals surface area contributed by atoms with E-state index in [1.165, 1.54) is 6.20 Å². The molecule has 0 unspecified atom stereocenters. The van der Waals surface area contributed by atoms with Crippen LogP contribution >= 0.6 is 0 Å². The van der Waals surface area contributed by atoms with Crippen molar-refractivity contribution in [1.82, 2.24) is 15.0 Å². The number of alkyl halides is 6. The Hall–Kier alpha value is -3.80. The molecule has 0 saturated heterocycles. The molecule has 3 aromatic rings. The van der Waals surface area contributed by atoms with Crippen LogP contribution in [0.4, 0.5) is 42.4 Å². The van der Waals surface area contributed by atoms with Gasteiger partial charge in [-0.3, -0.25) is 0 Å². The number of fused-ring (bicyclic) bond motifs is 1. The van der Waals surface area contributed by atoms with Crippen molar-refractivity contribution in [2.45, 2.75) is 69.9 Å². The molecular weight excluding hydrogens is 625 g/mol. The van der Waals surface area contributed by atoms with Gasteiger partial charge in [-0.25, -0.2) is 32.6 Å². The summed E-state index contributed by atoms with van der Waals surface area (Å²) in [5, 5.41) is 3.29. The molecule has 1 saturated carbocycles. The van der Waals surface area contributed by atoms with Crippen LogP contribution in [0.2, 0.25) is 0 Å². The smallest absolute Gasteiger partial charge is 0.351 e. The van der Waals surface area contributed by atoms with E-state index >= 15 is 4.39 Å². The summed E-state index contributed by atoms with van der Waals surface area (Å²) in [6.45, 7) is 1.83. The SMILES string of the molecule is CCc1cc(-c2ccc(N(OC(=O)C(F)(F)F)S(=O)(=O)CCC(F)(F)F)c(F)c2)nc2cnc(NC3CCC(N)CC3)nc12. The molecule has 0 spiro atoms. The van der Waals surface area contributed by atoms with Crippen molar-refractivity contribution < 1.29 is 48.8 Å². The standard InChI is InChI=1S/C26H27F7N6O4S/c1-2-14-12-19(37-20-13-35-24(38-22(14)20)36-17-6-4-16(34)5-7-17)15-3-8-21(18(27)11-15)39(43-23(40)26(31,32)33)44(41,42)10-9-25(28,29)30/h3,8,11-13,16-17H,2,4-7,9-10,34H2,1H3,(H,35,36,38). The Labute approximate surface area is 246 Å². The molecule has 1 aromatic carbocycles. The second-order valence-electron chi connectivity index (χ2n) is 10.2. The van der Waals surface area contributed by atoms with Gasteiger partial charge in [-0.1, -0.05) is 17.5 Å². The molecule has 4 rings (SSSR count). The first-order valence-electron chi connectivity index (χ1n) is 13.3. The molecule has 1 aliphatic carbocycles. The topological polar surface area (TPSA) is 140 Å². The Kier molecular flexibility index (Phi) is 9.53. The van der Waals surface area contributed by atoms with E-state index in [0.29, 0.717) is 41.1 Å². The average Bonchev–Trinajstić information content (AvgIpc) is 2.94. The zero-order valence-electron chi connectivity index (χ0n) is 23.0. The van der Waals surface area contributed by atoms with Crippen molar-refractivity contribution in [1.29, 1.82) is 0 Å². The largest absolute Gasteiger partial charge is 0.493 e. The lowest BCUT2D eigenvalue weighted by Crippen LogP contribution is -2.41. The third-order valence-corrected chi connectivity index (χ3v) is 8.34. The van der Waals surface area contributed by atoms with E-state index in [4.69, 9.17) is 5.73 Å². The Morgan fingerprint density at radius 2 is 1.77 bits per heavy atom. The number of halogens is 7. The predicted octanol–water partition coefficient (Wildman–Crippen LogP) is 5.18. The van der Waals surface area contributed by atoms with Crippen LogP contribution in [-0.4, -0.2) is 59.5 Å². The van der Waals surface area contributed by atoms with E-state index in [-0.39, 0.29) is 23.3 Å². The number of hydrogen-bond acceptors (Lipinski definition) is 9. The van der Waals surface area contributed by atoms with Crippen molar-refractivity contribution in [3.8, 4) is 11.3 Å². The number of benzene rings is 1. The second-order valence-corrected chi connectivity index (χ2v) is 12.1. The zero-order chi connectivity index (χ0) is 32.4. The Bertz CT molecular complexity index is 1630. The minimum absolute atomic E-state index is 0.0263. The monoisotopic (exact) mass is 652 g/mol. The normalized spacial score (nSPS) is 17.8. The second kappa shape index (κ2) is 12.7. The quantitative estimate of drug-likeness (QED) is 0.236. The molecule has 18 heteroatoms. The highest BCUT2D eigenvalue weighted by Gasteiger charge is 2.45. The first-order chi connectivity index (χ1) is 20.5. The summed E-state index contributed by atoms with van der Waals surface area (Å²) in [7, 11) is -5.44. The van der Waals surface area contributed by atoms with Crippen molar-refractivity contribution >= 4 is 38.7 Å². The van der Waals surface area contributed by atoms with Gasteiger partial charge in [0.15, 0.2) is 5.82 Å². The van der Waals surface area contributed by atoms with Gasteiger partial charge < -0.3 is 15.9 Å². The number of nitrogens with one attached hydrogen (secondary N) is 1. The van der Waals surface area contributed by atoms with E-state index in [1.807, 2.05) is 6.92 Å². The van der Waals surface area contributed by atoms with Crippen LogP contribution in [0.15, 0.2) is 30.5 Å². The molecule has 0 bridgehead atoms. The molecule has 0 atom stereocenters. The summed E-state index contributed by atoms with van der Waals surface area (Å²) >= 11 is 0. The van der Waals surface area contributed by atoms with Gasteiger partial charge in [0.2, 0.25) is 5.95 Å². The molecular formula is C26H27F7N6O4S. The van der Waals surface area contributed by atoms with Crippen molar-refractivity contribution in [3.63, 3.8) is 0 Å². The predicted molar refractivity (Wildman–Crippen MR) is 145 cm³/mol. The fourth-order valence-corrected chi connectivity index (χ4v) is 5.83. The summed E-state index contributed by atoms with van der Waals surface area (Å²) in [6, 6.07) is 4.30. The summed E-state index contributed by atoms with van der Waals surface area (Å²) in [5.74, 6) is -6.03. The van der Waals surface area contributed by atoms with Crippen LogP contribution in [0.25, 0.3) is 22.3 Å². The third kappa shape index (κ3) is 8.02. The van der Waals surface area contributed by atoms with Crippen LogP contribution in [0.3, 0.4) is 0 Å². The number of rotatable bonds is 9. The summed E-state index contributed by atoms with van der Waals surface area (Å²) in [6.07, 6.45) is -7.39. The fourth-order valence-electron chi connectivity index (χ4n) is 4.55. The maximum atomic E-state index is 15.3. The number of anilines is 2. The number of nitrogens with two attached hydrogens (primary N) is 1. The molecule has 240 valence electrons. The third-order valence-electron chi connectivity index (χ3n) is 6.84. The molecule has 0 aliphatic heterocycles. The first kappa shape index (κ1) is 33.1. The maximum absolute atomic E-state index is 15.3. The van der Waals surface area contributed by atoms with Gasteiger partial charge in [0, 0.05) is 17.6 Å². The number of hydrogen-bond donors (Lipinski definition) is 2. The number of sulfonamides is 1. The van der Waals surface area contributed by atoms with Gasteiger partial charge in [0.25, 0.3) is 10.0 Å². The first-order valence-corrected chi connectivity index (χ1v) is 15.0. The molecule has 2 heterocycles. The van der Waals surface area contributed by atoms with Crippen molar-refractivity contribution in [2.24, 2.45) is 5.73 Å². The molecule has 1 aliphatic rings. The van der Waals surface area contributed by atoms with Crippen LogP contribution in [0.1, 0.15) is 44.6 Å². The molecule has 0 amide bonds. The van der Waals surface area contributed by atoms with Crippen LogP contribution in [0, 0.1) is 5.82 Å². The van der Waals surface area contributed by atoms with Crippen LogP contribution in [0.5, 0.6) is 0 Å². The number of pyridine rings is 1. The Morgan fingerprint density at radius 1 is 1.09 bits per heavy atom. The zero-order valence-corrected chi connectivity index (χ0v) is 23.9. The van der Waals surface area contributed by atoms with E-state index < -0.39 is 56.5 Å². The van der Waals surface area contributed by atoms with Gasteiger partial charge in [-0.2, -0.15) is 26.3 Å². The van der Waals surface area contributed by atoms with Gasteiger partial charge in [0.05, 0.1) is 29.6 Å². The van der Waals surface area contributed by atoms with E-state index in [2.05, 4.69) is 25.1 Å². The summed E-state index contributed by atoms with van der Waals surface area (Å²) in [4.78, 5) is 28.6. The minimum Gasteiger partial charge on any atom is -0.351 e. The van der Waals surface area contributed by atoms with Crippen LogP contribution < -0.4 is 15.5 Å².